The van der Waals surface area contributed by atoms with E-state index in [9.17, 15) is 4.79 Å². The first kappa shape index (κ1) is 7.61. The van der Waals surface area contributed by atoms with E-state index in [1.54, 1.807) is 0 Å². The molecule has 66 valence electrons. The van der Waals surface area contributed by atoms with Crippen LogP contribution in [0, 0.1) is 5.92 Å². The van der Waals surface area contributed by atoms with Crippen molar-refractivity contribution in [1.82, 2.24) is 10.2 Å². The highest BCUT2D eigenvalue weighted by molar-refractivity contribution is 5.71. The van der Waals surface area contributed by atoms with Gasteiger partial charge >= 0.3 is 5.97 Å². The lowest BCUT2D eigenvalue weighted by Gasteiger charge is -2.35. The molecular formula is C8H12N2O2. The molecule has 2 atom stereocenters. The molecule has 0 amide bonds. The Morgan fingerprint density at radius 3 is 3.25 bits per heavy atom. The molecule has 0 aliphatic carbocycles. The summed E-state index contributed by atoms with van der Waals surface area (Å²) in [5.74, 6) is -0.949. The zero-order valence-electron chi connectivity index (χ0n) is 6.73. The highest BCUT2D eigenvalue weighted by atomic mass is 16.4. The Morgan fingerprint density at radius 1 is 1.67 bits per heavy atom. The summed E-state index contributed by atoms with van der Waals surface area (Å²) in [6, 6.07) is 0.184. The molecule has 4 heteroatoms. The van der Waals surface area contributed by atoms with Crippen LogP contribution in [0.25, 0.3) is 0 Å². The molecule has 0 bridgehead atoms. The Morgan fingerprint density at radius 2 is 2.50 bits per heavy atom. The minimum absolute atomic E-state index is 0.184. The number of rotatable bonds is 1. The predicted molar refractivity (Wildman–Crippen MR) is 43.4 cm³/mol. The quantitative estimate of drug-likeness (QED) is 0.571. The summed E-state index contributed by atoms with van der Waals surface area (Å²) in [5.41, 5.74) is 0. The normalized spacial score (nSPS) is 33.5. The van der Waals surface area contributed by atoms with Crippen LogP contribution in [-0.2, 0) is 4.79 Å². The van der Waals surface area contributed by atoms with Gasteiger partial charge in [0.15, 0.2) is 0 Å². The second-order valence-electron chi connectivity index (χ2n) is 3.26. The van der Waals surface area contributed by atoms with E-state index in [1.165, 1.54) is 0 Å². The van der Waals surface area contributed by atoms with Gasteiger partial charge in [0.1, 0.15) is 0 Å². The summed E-state index contributed by atoms with van der Waals surface area (Å²) >= 11 is 0. The lowest BCUT2D eigenvalue weighted by molar-refractivity contribution is -0.144. The Bertz CT molecular complexity index is 227. The fraction of sp³-hybridized carbons (Fsp3) is 0.625. The van der Waals surface area contributed by atoms with Crippen LogP contribution >= 0.6 is 0 Å². The van der Waals surface area contributed by atoms with Gasteiger partial charge in [-0.3, -0.25) is 10.1 Å². The second-order valence-corrected chi connectivity index (χ2v) is 3.26. The highest BCUT2D eigenvalue weighted by Crippen LogP contribution is 2.23. The van der Waals surface area contributed by atoms with Gasteiger partial charge in [0, 0.05) is 12.6 Å². The summed E-state index contributed by atoms with van der Waals surface area (Å²) in [5, 5.41) is 12.0. The number of fused-ring (bicyclic) bond motifs is 1. The van der Waals surface area contributed by atoms with Crippen LogP contribution < -0.4 is 5.32 Å². The van der Waals surface area contributed by atoms with Gasteiger partial charge in [0.25, 0.3) is 0 Å². The number of carboxylic acids is 1. The molecule has 2 N–H and O–H groups in total. The van der Waals surface area contributed by atoms with Crippen molar-refractivity contribution in [3.8, 4) is 0 Å². The van der Waals surface area contributed by atoms with E-state index in [1.807, 2.05) is 12.3 Å². The van der Waals surface area contributed by atoms with Crippen molar-refractivity contribution in [3.05, 3.63) is 12.3 Å². The maximum atomic E-state index is 10.8. The van der Waals surface area contributed by atoms with Crippen molar-refractivity contribution in [3.63, 3.8) is 0 Å². The first-order valence-corrected chi connectivity index (χ1v) is 4.15. The van der Waals surface area contributed by atoms with Gasteiger partial charge in [-0.15, -0.1) is 0 Å². The minimum Gasteiger partial charge on any atom is -0.481 e. The molecule has 0 saturated carbocycles. The topological polar surface area (TPSA) is 52.6 Å². The third-order valence-electron chi connectivity index (χ3n) is 2.54. The lowest BCUT2D eigenvalue weighted by atomic mass is 9.96. The Kier molecular flexibility index (Phi) is 1.77. The van der Waals surface area contributed by atoms with Gasteiger partial charge in [0.2, 0.25) is 0 Å². The average molecular weight is 168 g/mol. The molecule has 0 spiro atoms. The summed E-state index contributed by atoms with van der Waals surface area (Å²) < 4.78 is 0. The number of hydrogen-bond acceptors (Lipinski definition) is 3. The Hall–Kier alpha value is -1.03. The first-order chi connectivity index (χ1) is 5.79. The highest BCUT2D eigenvalue weighted by Gasteiger charge is 2.35. The maximum Gasteiger partial charge on any atom is 0.309 e. The van der Waals surface area contributed by atoms with Crippen LogP contribution in [0.3, 0.4) is 0 Å². The minimum atomic E-state index is -0.694. The largest absolute Gasteiger partial charge is 0.481 e. The van der Waals surface area contributed by atoms with E-state index < -0.39 is 5.97 Å². The first-order valence-electron chi connectivity index (χ1n) is 4.15. The van der Waals surface area contributed by atoms with Crippen LogP contribution in [0.4, 0.5) is 0 Å². The van der Waals surface area contributed by atoms with Gasteiger partial charge < -0.3 is 10.0 Å². The third-order valence-corrected chi connectivity index (χ3v) is 2.54. The van der Waals surface area contributed by atoms with Gasteiger partial charge in [0.05, 0.1) is 12.6 Å². The molecule has 1 saturated heterocycles. The number of nitrogens with zero attached hydrogens (tertiary/aromatic N) is 1. The van der Waals surface area contributed by atoms with Crippen molar-refractivity contribution in [2.45, 2.75) is 12.5 Å². The van der Waals surface area contributed by atoms with Crippen molar-refractivity contribution in [2.24, 2.45) is 5.92 Å². The van der Waals surface area contributed by atoms with Crippen molar-refractivity contribution in [2.75, 3.05) is 13.2 Å². The van der Waals surface area contributed by atoms with Crippen molar-refractivity contribution < 1.29 is 9.90 Å². The monoisotopic (exact) mass is 168 g/mol. The zero-order valence-corrected chi connectivity index (χ0v) is 6.73. The summed E-state index contributed by atoms with van der Waals surface area (Å²) in [4.78, 5) is 12.9. The SMILES string of the molecule is O=C(O)C1CNCN2C=CCC12. The lowest BCUT2D eigenvalue weighted by Crippen LogP contribution is -2.52. The molecule has 1 fully saturated rings. The number of hydrogen-bond donors (Lipinski definition) is 2. The van der Waals surface area contributed by atoms with Crippen molar-refractivity contribution >= 4 is 5.97 Å². The van der Waals surface area contributed by atoms with Gasteiger partial charge in [-0.05, 0) is 12.6 Å². The number of carbonyl (C=O) groups is 1. The Labute approximate surface area is 70.9 Å². The van der Waals surface area contributed by atoms with Gasteiger partial charge in [-0.25, -0.2) is 0 Å². The number of nitrogens with one attached hydrogen (secondary N) is 1. The molecule has 2 aliphatic heterocycles. The van der Waals surface area contributed by atoms with Crippen LogP contribution in [0.1, 0.15) is 6.42 Å². The molecule has 4 nitrogen and oxygen atoms in total. The van der Waals surface area contributed by atoms with Crippen LogP contribution in [0.2, 0.25) is 0 Å². The molecule has 0 radical (unpaired) electrons. The van der Waals surface area contributed by atoms with Crippen LogP contribution in [0.5, 0.6) is 0 Å². The van der Waals surface area contributed by atoms with Gasteiger partial charge in [-0.2, -0.15) is 0 Å². The molecule has 0 aromatic carbocycles. The van der Waals surface area contributed by atoms with E-state index >= 15 is 0 Å². The van der Waals surface area contributed by atoms with Crippen LogP contribution in [-0.4, -0.2) is 35.2 Å². The predicted octanol–water partition coefficient (Wildman–Crippen LogP) is -0.164. The van der Waals surface area contributed by atoms with Gasteiger partial charge in [-0.1, -0.05) is 6.08 Å². The standard InChI is InChI=1S/C8H12N2O2/c11-8(12)6-4-9-5-10-3-1-2-7(6)10/h1,3,6-7,9H,2,4-5H2,(H,11,12). The maximum absolute atomic E-state index is 10.8. The zero-order chi connectivity index (χ0) is 8.55. The van der Waals surface area contributed by atoms with E-state index in [4.69, 9.17) is 5.11 Å². The second kappa shape index (κ2) is 2.79. The summed E-state index contributed by atoms with van der Waals surface area (Å²) in [6.07, 6.45) is 4.89. The number of aliphatic carboxylic acids is 1. The van der Waals surface area contributed by atoms with E-state index in [0.717, 1.165) is 13.1 Å². The number of carboxylic acid groups (broad SMARTS) is 1. The van der Waals surface area contributed by atoms with E-state index in [0.29, 0.717) is 6.54 Å². The van der Waals surface area contributed by atoms with Crippen LogP contribution in [0.15, 0.2) is 12.3 Å². The smallest absolute Gasteiger partial charge is 0.309 e. The third kappa shape index (κ3) is 1.08. The molecule has 0 aromatic rings. The molecular weight excluding hydrogens is 156 g/mol. The molecule has 2 unspecified atom stereocenters. The van der Waals surface area contributed by atoms with Crippen molar-refractivity contribution in [1.29, 1.82) is 0 Å². The Balaban J connectivity index is 2.11. The fourth-order valence-corrected chi connectivity index (χ4v) is 1.88. The molecule has 12 heavy (non-hydrogen) atoms. The molecule has 2 heterocycles. The fourth-order valence-electron chi connectivity index (χ4n) is 1.88. The summed E-state index contributed by atoms with van der Waals surface area (Å²) in [6.45, 7) is 1.38. The van der Waals surface area contributed by atoms with E-state index in [-0.39, 0.29) is 12.0 Å². The molecule has 2 aliphatic rings. The summed E-state index contributed by atoms with van der Waals surface area (Å²) in [7, 11) is 0. The van der Waals surface area contributed by atoms with E-state index in [2.05, 4.69) is 10.2 Å². The molecule has 0 aromatic heterocycles. The average Bonchev–Trinajstić information content (AvgIpc) is 2.49. The molecule has 2 rings (SSSR count).